The standard InChI is InChI=1S/C12H15Cl2N3S/c1-7-12(14)9(17(3)16-7)6-8(15-2)10-4-5-11(13)18-10/h4-5,8,15H,6H2,1-3H3. The molecule has 0 aliphatic rings. The van der Waals surface area contributed by atoms with Crippen LogP contribution in [0.3, 0.4) is 0 Å². The van der Waals surface area contributed by atoms with Gasteiger partial charge < -0.3 is 5.32 Å². The van der Waals surface area contributed by atoms with E-state index in [2.05, 4.69) is 10.4 Å². The number of nitrogens with zero attached hydrogens (tertiary/aromatic N) is 2. The van der Waals surface area contributed by atoms with Gasteiger partial charge in [0.05, 0.1) is 20.7 Å². The molecular weight excluding hydrogens is 289 g/mol. The highest BCUT2D eigenvalue weighted by Gasteiger charge is 2.18. The highest BCUT2D eigenvalue weighted by molar-refractivity contribution is 7.16. The summed E-state index contributed by atoms with van der Waals surface area (Å²) in [7, 11) is 3.86. The summed E-state index contributed by atoms with van der Waals surface area (Å²) in [6, 6.07) is 4.17. The number of aryl methyl sites for hydroxylation is 2. The van der Waals surface area contributed by atoms with Gasteiger partial charge in [-0.05, 0) is 26.1 Å². The molecule has 0 aliphatic heterocycles. The van der Waals surface area contributed by atoms with Crippen molar-refractivity contribution in [1.82, 2.24) is 15.1 Å². The van der Waals surface area contributed by atoms with Gasteiger partial charge in [-0.25, -0.2) is 0 Å². The molecule has 0 fully saturated rings. The van der Waals surface area contributed by atoms with Crippen LogP contribution in [0.2, 0.25) is 9.36 Å². The Morgan fingerprint density at radius 3 is 2.61 bits per heavy atom. The second kappa shape index (κ2) is 5.61. The molecule has 0 saturated heterocycles. The van der Waals surface area contributed by atoms with Crippen LogP contribution in [0.15, 0.2) is 12.1 Å². The molecule has 0 saturated carbocycles. The highest BCUT2D eigenvalue weighted by Crippen LogP contribution is 2.31. The summed E-state index contributed by atoms with van der Waals surface area (Å²) in [6.07, 6.45) is 0.795. The molecule has 1 unspecified atom stereocenters. The minimum absolute atomic E-state index is 0.204. The minimum Gasteiger partial charge on any atom is -0.312 e. The molecule has 0 radical (unpaired) electrons. The van der Waals surface area contributed by atoms with E-state index in [-0.39, 0.29) is 6.04 Å². The van der Waals surface area contributed by atoms with Crippen molar-refractivity contribution in [2.75, 3.05) is 7.05 Å². The summed E-state index contributed by atoms with van der Waals surface area (Å²) < 4.78 is 2.65. The van der Waals surface area contributed by atoms with E-state index >= 15 is 0 Å². The number of hydrogen-bond acceptors (Lipinski definition) is 3. The van der Waals surface area contributed by atoms with Gasteiger partial charge in [-0.2, -0.15) is 5.10 Å². The molecule has 3 nitrogen and oxygen atoms in total. The zero-order valence-electron chi connectivity index (χ0n) is 10.5. The van der Waals surface area contributed by atoms with E-state index in [1.807, 2.05) is 37.8 Å². The fraction of sp³-hybridized carbons (Fsp3) is 0.417. The van der Waals surface area contributed by atoms with Gasteiger partial charge in [0, 0.05) is 24.4 Å². The third-order valence-corrected chi connectivity index (χ3v) is 4.78. The molecule has 1 N–H and O–H groups in total. The van der Waals surface area contributed by atoms with Crippen LogP contribution >= 0.6 is 34.5 Å². The van der Waals surface area contributed by atoms with Crippen LogP contribution in [0, 0.1) is 6.92 Å². The summed E-state index contributed by atoms with van der Waals surface area (Å²) in [6.45, 7) is 1.92. The molecule has 18 heavy (non-hydrogen) atoms. The van der Waals surface area contributed by atoms with Gasteiger partial charge in [-0.1, -0.05) is 23.2 Å². The Labute approximate surface area is 121 Å². The molecule has 0 amide bonds. The number of rotatable bonds is 4. The Morgan fingerprint density at radius 2 is 2.17 bits per heavy atom. The number of thiophene rings is 1. The second-order valence-electron chi connectivity index (χ2n) is 4.16. The molecule has 0 spiro atoms. The Morgan fingerprint density at radius 1 is 1.44 bits per heavy atom. The number of nitrogens with one attached hydrogen (secondary N) is 1. The van der Waals surface area contributed by atoms with Gasteiger partial charge in [-0.3, -0.25) is 4.68 Å². The van der Waals surface area contributed by atoms with Crippen LogP contribution in [-0.2, 0) is 13.5 Å². The van der Waals surface area contributed by atoms with Gasteiger partial charge in [-0.15, -0.1) is 11.3 Å². The molecule has 6 heteroatoms. The lowest BCUT2D eigenvalue weighted by molar-refractivity contribution is 0.569. The predicted octanol–water partition coefficient (Wildman–Crippen LogP) is 3.60. The van der Waals surface area contributed by atoms with Crippen molar-refractivity contribution in [2.24, 2.45) is 7.05 Å². The molecule has 98 valence electrons. The van der Waals surface area contributed by atoms with Gasteiger partial charge in [0.25, 0.3) is 0 Å². The molecule has 2 aromatic heterocycles. The molecular formula is C12H15Cl2N3S. The Kier molecular flexibility index (Phi) is 4.33. The first-order valence-corrected chi connectivity index (χ1v) is 7.20. The Balaban J connectivity index is 2.25. The lowest BCUT2D eigenvalue weighted by atomic mass is 10.1. The van der Waals surface area contributed by atoms with Gasteiger partial charge in [0.1, 0.15) is 0 Å². The molecule has 1 atom stereocenters. The first-order chi connectivity index (χ1) is 8.52. The monoisotopic (exact) mass is 303 g/mol. The molecule has 0 aliphatic carbocycles. The molecule has 2 heterocycles. The van der Waals surface area contributed by atoms with Crippen LogP contribution in [0.4, 0.5) is 0 Å². The van der Waals surface area contributed by atoms with Crippen molar-refractivity contribution in [2.45, 2.75) is 19.4 Å². The maximum absolute atomic E-state index is 6.27. The number of aromatic nitrogens is 2. The van der Waals surface area contributed by atoms with Crippen molar-refractivity contribution >= 4 is 34.5 Å². The van der Waals surface area contributed by atoms with E-state index in [4.69, 9.17) is 23.2 Å². The fourth-order valence-electron chi connectivity index (χ4n) is 1.96. The largest absolute Gasteiger partial charge is 0.312 e. The van der Waals surface area contributed by atoms with E-state index in [0.717, 1.165) is 27.2 Å². The zero-order chi connectivity index (χ0) is 13.3. The third kappa shape index (κ3) is 2.72. The van der Waals surface area contributed by atoms with E-state index in [1.165, 1.54) is 4.88 Å². The van der Waals surface area contributed by atoms with E-state index in [0.29, 0.717) is 0 Å². The average Bonchev–Trinajstić information content (AvgIpc) is 2.84. The molecule has 2 aromatic rings. The normalized spacial score (nSPS) is 12.9. The molecule has 0 aromatic carbocycles. The highest BCUT2D eigenvalue weighted by atomic mass is 35.5. The number of likely N-dealkylation sites (N-methyl/N-ethyl adjacent to an activating group) is 1. The SMILES string of the molecule is CNC(Cc1c(Cl)c(C)nn1C)c1ccc(Cl)s1. The number of halogens is 2. The maximum Gasteiger partial charge on any atom is 0.0931 e. The quantitative estimate of drug-likeness (QED) is 0.935. The van der Waals surface area contributed by atoms with Gasteiger partial charge in [0.2, 0.25) is 0 Å². The van der Waals surface area contributed by atoms with E-state index in [9.17, 15) is 0 Å². The smallest absolute Gasteiger partial charge is 0.0931 e. The van der Waals surface area contributed by atoms with Crippen LogP contribution in [-0.4, -0.2) is 16.8 Å². The Hall–Kier alpha value is -0.550. The van der Waals surface area contributed by atoms with Crippen LogP contribution in [0.1, 0.15) is 22.3 Å². The summed E-state index contributed by atoms with van der Waals surface area (Å²) in [5, 5.41) is 8.38. The van der Waals surface area contributed by atoms with Crippen LogP contribution < -0.4 is 5.32 Å². The molecule has 0 bridgehead atoms. The van der Waals surface area contributed by atoms with Crippen molar-refractivity contribution in [3.8, 4) is 0 Å². The van der Waals surface area contributed by atoms with Gasteiger partial charge >= 0.3 is 0 Å². The zero-order valence-corrected chi connectivity index (χ0v) is 12.8. The van der Waals surface area contributed by atoms with Gasteiger partial charge in [0.15, 0.2) is 0 Å². The lowest BCUT2D eigenvalue weighted by Crippen LogP contribution is -2.19. The van der Waals surface area contributed by atoms with E-state index in [1.54, 1.807) is 11.3 Å². The summed E-state index contributed by atoms with van der Waals surface area (Å²) in [4.78, 5) is 1.21. The van der Waals surface area contributed by atoms with Crippen molar-refractivity contribution in [3.63, 3.8) is 0 Å². The summed E-state index contributed by atoms with van der Waals surface area (Å²) in [5.74, 6) is 0. The Bertz CT molecular complexity index is 548. The fourth-order valence-corrected chi connectivity index (χ4v) is 3.36. The average molecular weight is 304 g/mol. The van der Waals surface area contributed by atoms with E-state index < -0.39 is 0 Å². The van der Waals surface area contributed by atoms with Crippen LogP contribution in [0.5, 0.6) is 0 Å². The van der Waals surface area contributed by atoms with Crippen molar-refractivity contribution in [1.29, 1.82) is 0 Å². The summed E-state index contributed by atoms with van der Waals surface area (Å²) >= 11 is 13.8. The first-order valence-electron chi connectivity index (χ1n) is 5.63. The topological polar surface area (TPSA) is 29.9 Å². The minimum atomic E-state index is 0.204. The second-order valence-corrected chi connectivity index (χ2v) is 6.28. The summed E-state index contributed by atoms with van der Waals surface area (Å²) in [5.41, 5.74) is 1.91. The maximum atomic E-state index is 6.27. The first kappa shape index (κ1) is 13.9. The van der Waals surface area contributed by atoms with Crippen molar-refractivity contribution in [3.05, 3.63) is 37.8 Å². The van der Waals surface area contributed by atoms with Crippen molar-refractivity contribution < 1.29 is 0 Å². The third-order valence-electron chi connectivity index (χ3n) is 2.95. The molecule has 2 rings (SSSR count). The lowest BCUT2D eigenvalue weighted by Gasteiger charge is -2.14. The van der Waals surface area contributed by atoms with Crippen LogP contribution in [0.25, 0.3) is 0 Å². The predicted molar refractivity (Wildman–Crippen MR) is 77.8 cm³/mol. The number of hydrogen-bond donors (Lipinski definition) is 1.